The number of benzene rings is 2. The number of nitrogens with two attached hydrogens (primary N) is 1. The predicted molar refractivity (Wildman–Crippen MR) is 95.5 cm³/mol. The van der Waals surface area contributed by atoms with Gasteiger partial charge in [0, 0.05) is 12.6 Å². The van der Waals surface area contributed by atoms with E-state index in [0.717, 1.165) is 17.9 Å². The molecule has 130 valence electrons. The molecule has 0 unspecified atom stereocenters. The molecule has 0 fully saturated rings. The molecule has 0 spiro atoms. The van der Waals surface area contributed by atoms with Crippen molar-refractivity contribution in [2.75, 3.05) is 20.2 Å². The van der Waals surface area contributed by atoms with Crippen molar-refractivity contribution < 1.29 is 13.2 Å². The summed E-state index contributed by atoms with van der Waals surface area (Å²) in [5.41, 5.74) is 2.20. The van der Waals surface area contributed by atoms with Crippen LogP contribution in [0, 0.1) is 6.92 Å². The quantitative estimate of drug-likeness (QED) is 0.835. The van der Waals surface area contributed by atoms with E-state index in [9.17, 15) is 8.42 Å². The molecule has 2 rings (SSSR count). The summed E-state index contributed by atoms with van der Waals surface area (Å²) >= 11 is 0. The molecule has 2 aromatic rings. The average molecular weight is 348 g/mol. The van der Waals surface area contributed by atoms with Crippen LogP contribution in [0.2, 0.25) is 0 Å². The third-order valence-corrected chi connectivity index (χ3v) is 4.98. The Bertz CT molecular complexity index is 773. The Labute approximate surface area is 144 Å². The van der Waals surface area contributed by atoms with Crippen molar-refractivity contribution in [3.8, 4) is 5.75 Å². The maximum Gasteiger partial charge on any atom is 0.238 e. The van der Waals surface area contributed by atoms with Crippen LogP contribution >= 0.6 is 0 Å². The minimum Gasteiger partial charge on any atom is -0.492 e. The van der Waals surface area contributed by atoms with Crippen LogP contribution < -0.4 is 9.88 Å². The van der Waals surface area contributed by atoms with Gasteiger partial charge in [0.15, 0.2) is 0 Å². The molecule has 0 aliphatic carbocycles. The molecule has 0 radical (unpaired) electrons. The molecule has 0 saturated carbocycles. The first-order valence-electron chi connectivity index (χ1n) is 7.80. The molecular formula is C18H24N2O3S. The summed E-state index contributed by atoms with van der Waals surface area (Å²) in [6.45, 7) is 5.44. The SMILES string of the molecule is Cc1cccc(OCCN(C)[C@H](C)c2ccc(S(N)(=O)=O)cc2)c1. The average Bonchev–Trinajstić information content (AvgIpc) is 2.53. The fraction of sp³-hybridized carbons (Fsp3) is 0.333. The van der Waals surface area contributed by atoms with E-state index in [1.165, 1.54) is 17.7 Å². The summed E-state index contributed by atoms with van der Waals surface area (Å²) < 4.78 is 28.4. The van der Waals surface area contributed by atoms with Crippen LogP contribution in [0.4, 0.5) is 0 Å². The van der Waals surface area contributed by atoms with Crippen LogP contribution in [0.1, 0.15) is 24.1 Å². The standard InChI is InChI=1S/C18H24N2O3S/c1-14-5-4-6-17(13-14)23-12-11-20(3)15(2)16-7-9-18(10-8-16)24(19,21)22/h4-10,13,15H,11-12H2,1-3H3,(H2,19,21,22)/t15-/m1/s1. The van der Waals surface area contributed by atoms with Gasteiger partial charge in [0.25, 0.3) is 0 Å². The first-order chi connectivity index (χ1) is 11.3. The second-order valence-electron chi connectivity index (χ2n) is 5.94. The lowest BCUT2D eigenvalue weighted by Gasteiger charge is -2.25. The van der Waals surface area contributed by atoms with Gasteiger partial charge in [-0.15, -0.1) is 0 Å². The number of sulfonamides is 1. The van der Waals surface area contributed by atoms with E-state index in [0.29, 0.717) is 6.61 Å². The van der Waals surface area contributed by atoms with Gasteiger partial charge in [-0.3, -0.25) is 4.90 Å². The van der Waals surface area contributed by atoms with E-state index in [1.807, 2.05) is 38.2 Å². The van der Waals surface area contributed by atoms with Gasteiger partial charge in [-0.1, -0.05) is 24.3 Å². The van der Waals surface area contributed by atoms with Gasteiger partial charge in [-0.2, -0.15) is 0 Å². The molecule has 0 aliphatic rings. The molecule has 0 bridgehead atoms. The van der Waals surface area contributed by atoms with Gasteiger partial charge in [0.2, 0.25) is 10.0 Å². The minimum absolute atomic E-state index is 0.129. The molecule has 0 saturated heterocycles. The highest BCUT2D eigenvalue weighted by Gasteiger charge is 2.13. The third-order valence-electron chi connectivity index (χ3n) is 4.05. The van der Waals surface area contributed by atoms with E-state index in [4.69, 9.17) is 9.88 Å². The molecular weight excluding hydrogens is 324 g/mol. The van der Waals surface area contributed by atoms with Crippen molar-refractivity contribution in [2.45, 2.75) is 24.8 Å². The number of nitrogens with zero attached hydrogens (tertiary/aromatic N) is 1. The Balaban J connectivity index is 1.91. The maximum absolute atomic E-state index is 11.3. The lowest BCUT2D eigenvalue weighted by Crippen LogP contribution is -2.27. The lowest BCUT2D eigenvalue weighted by molar-refractivity contribution is 0.201. The number of aryl methyl sites for hydroxylation is 1. The van der Waals surface area contributed by atoms with Crippen molar-refractivity contribution in [3.63, 3.8) is 0 Å². The first kappa shape index (κ1) is 18.4. The Morgan fingerprint density at radius 3 is 2.42 bits per heavy atom. The van der Waals surface area contributed by atoms with Crippen molar-refractivity contribution in [3.05, 3.63) is 59.7 Å². The van der Waals surface area contributed by atoms with Gasteiger partial charge in [0.1, 0.15) is 12.4 Å². The molecule has 6 heteroatoms. The number of primary sulfonamides is 1. The largest absolute Gasteiger partial charge is 0.492 e. The molecule has 2 N–H and O–H groups in total. The maximum atomic E-state index is 11.3. The van der Waals surface area contributed by atoms with Crippen molar-refractivity contribution >= 4 is 10.0 Å². The molecule has 0 aliphatic heterocycles. The number of hydrogen-bond donors (Lipinski definition) is 1. The highest BCUT2D eigenvalue weighted by atomic mass is 32.2. The summed E-state index contributed by atoms with van der Waals surface area (Å²) in [4.78, 5) is 2.28. The van der Waals surface area contributed by atoms with Crippen LogP contribution in [-0.2, 0) is 10.0 Å². The van der Waals surface area contributed by atoms with Gasteiger partial charge in [-0.25, -0.2) is 13.6 Å². The molecule has 0 amide bonds. The van der Waals surface area contributed by atoms with Crippen LogP contribution in [-0.4, -0.2) is 33.5 Å². The van der Waals surface area contributed by atoms with Crippen LogP contribution in [0.25, 0.3) is 0 Å². The van der Waals surface area contributed by atoms with Gasteiger partial charge < -0.3 is 4.74 Å². The summed E-state index contributed by atoms with van der Waals surface area (Å²) in [5, 5.41) is 5.12. The molecule has 24 heavy (non-hydrogen) atoms. The predicted octanol–water partition coefficient (Wildman–Crippen LogP) is 2.71. The normalized spacial score (nSPS) is 13.0. The monoisotopic (exact) mass is 348 g/mol. The Morgan fingerprint density at radius 1 is 1.17 bits per heavy atom. The minimum atomic E-state index is -3.65. The topological polar surface area (TPSA) is 72.6 Å². The van der Waals surface area contributed by atoms with Crippen molar-refractivity contribution in [1.29, 1.82) is 0 Å². The highest BCUT2D eigenvalue weighted by molar-refractivity contribution is 7.89. The van der Waals surface area contributed by atoms with E-state index < -0.39 is 10.0 Å². The number of ether oxygens (including phenoxy) is 1. The van der Waals surface area contributed by atoms with E-state index in [1.54, 1.807) is 12.1 Å². The van der Waals surface area contributed by atoms with Crippen molar-refractivity contribution in [1.82, 2.24) is 4.90 Å². The number of likely N-dealkylation sites (N-methyl/N-ethyl adjacent to an activating group) is 1. The molecule has 0 heterocycles. The van der Waals surface area contributed by atoms with Crippen LogP contribution in [0.5, 0.6) is 5.75 Å². The van der Waals surface area contributed by atoms with Gasteiger partial charge >= 0.3 is 0 Å². The van der Waals surface area contributed by atoms with E-state index in [-0.39, 0.29) is 10.9 Å². The third kappa shape index (κ3) is 5.06. The fourth-order valence-corrected chi connectivity index (χ4v) is 2.91. The zero-order valence-corrected chi connectivity index (χ0v) is 15.1. The molecule has 1 atom stereocenters. The molecule has 5 nitrogen and oxygen atoms in total. The summed E-state index contributed by atoms with van der Waals surface area (Å²) in [6.07, 6.45) is 0. The number of hydrogen-bond acceptors (Lipinski definition) is 4. The Kier molecular flexibility index (Phi) is 5.99. The first-order valence-corrected chi connectivity index (χ1v) is 9.34. The van der Waals surface area contributed by atoms with E-state index in [2.05, 4.69) is 11.8 Å². The second-order valence-corrected chi connectivity index (χ2v) is 7.50. The summed E-state index contributed by atoms with van der Waals surface area (Å²) in [5.74, 6) is 0.869. The van der Waals surface area contributed by atoms with Gasteiger partial charge in [0.05, 0.1) is 4.90 Å². The van der Waals surface area contributed by atoms with Crippen LogP contribution in [0.15, 0.2) is 53.4 Å². The summed E-state index contributed by atoms with van der Waals surface area (Å²) in [6, 6.07) is 14.8. The molecule has 2 aromatic carbocycles. The smallest absolute Gasteiger partial charge is 0.238 e. The summed E-state index contributed by atoms with van der Waals surface area (Å²) in [7, 11) is -1.64. The fourth-order valence-electron chi connectivity index (χ4n) is 2.40. The van der Waals surface area contributed by atoms with E-state index >= 15 is 0 Å². The molecule has 0 aromatic heterocycles. The Hall–Kier alpha value is -1.89. The highest BCUT2D eigenvalue weighted by Crippen LogP contribution is 2.20. The van der Waals surface area contributed by atoms with Crippen LogP contribution in [0.3, 0.4) is 0 Å². The van der Waals surface area contributed by atoms with Gasteiger partial charge in [-0.05, 0) is 56.3 Å². The van der Waals surface area contributed by atoms with Crippen molar-refractivity contribution in [2.24, 2.45) is 5.14 Å². The Morgan fingerprint density at radius 2 is 1.83 bits per heavy atom. The second kappa shape index (κ2) is 7.79. The zero-order valence-electron chi connectivity index (χ0n) is 14.3. The zero-order chi connectivity index (χ0) is 17.7. The lowest BCUT2D eigenvalue weighted by atomic mass is 10.1. The number of rotatable bonds is 7.